The summed E-state index contributed by atoms with van der Waals surface area (Å²) in [5.41, 5.74) is 3.53. The van der Waals surface area contributed by atoms with E-state index in [9.17, 15) is 9.90 Å². The molecule has 0 aliphatic rings. The van der Waals surface area contributed by atoms with Gasteiger partial charge in [-0.05, 0) is 24.6 Å². The molecule has 0 bridgehead atoms. The van der Waals surface area contributed by atoms with Crippen molar-refractivity contribution in [2.24, 2.45) is 0 Å². The highest BCUT2D eigenvalue weighted by atomic mass is 32.2. The second-order valence-corrected chi connectivity index (χ2v) is 7.91. The summed E-state index contributed by atoms with van der Waals surface area (Å²) in [6.45, 7) is 1.74. The SMILES string of the molecule is Cc1c(O)ccc2c(CSc3nc(-c4ccccc4)cs3)cc(=O)oc12. The van der Waals surface area contributed by atoms with Crippen molar-refractivity contribution >= 4 is 34.1 Å². The standard InChI is InChI=1S/C20H15NO3S2/c1-12-17(22)8-7-15-14(9-18(23)24-19(12)15)10-25-20-21-16(11-26-20)13-5-3-2-4-6-13/h2-9,11,22H,10H2,1H3. The van der Waals surface area contributed by atoms with E-state index < -0.39 is 5.63 Å². The highest BCUT2D eigenvalue weighted by Crippen LogP contribution is 2.33. The Morgan fingerprint density at radius 1 is 1.19 bits per heavy atom. The van der Waals surface area contributed by atoms with Crippen LogP contribution in [0.25, 0.3) is 22.2 Å². The van der Waals surface area contributed by atoms with E-state index in [1.165, 1.54) is 6.07 Å². The third-order valence-corrected chi connectivity index (χ3v) is 6.19. The second kappa shape index (κ2) is 6.97. The lowest BCUT2D eigenvalue weighted by atomic mass is 10.1. The third kappa shape index (κ3) is 3.25. The van der Waals surface area contributed by atoms with Gasteiger partial charge in [0.2, 0.25) is 0 Å². The maximum Gasteiger partial charge on any atom is 0.336 e. The molecule has 4 nitrogen and oxygen atoms in total. The summed E-state index contributed by atoms with van der Waals surface area (Å²) in [7, 11) is 0. The molecule has 0 saturated heterocycles. The van der Waals surface area contributed by atoms with Gasteiger partial charge in [0.25, 0.3) is 0 Å². The van der Waals surface area contributed by atoms with Gasteiger partial charge in [0, 0.05) is 33.7 Å². The molecule has 0 saturated carbocycles. The lowest BCUT2D eigenvalue weighted by Crippen LogP contribution is -2.01. The minimum Gasteiger partial charge on any atom is -0.508 e. The number of aryl methyl sites for hydroxylation is 1. The van der Waals surface area contributed by atoms with Gasteiger partial charge in [-0.3, -0.25) is 0 Å². The van der Waals surface area contributed by atoms with Gasteiger partial charge in [-0.2, -0.15) is 0 Å². The average Bonchev–Trinajstić information content (AvgIpc) is 3.13. The monoisotopic (exact) mass is 381 g/mol. The maximum absolute atomic E-state index is 11.9. The van der Waals surface area contributed by atoms with E-state index in [4.69, 9.17) is 4.42 Å². The lowest BCUT2D eigenvalue weighted by molar-refractivity contribution is 0.468. The molecule has 0 spiro atoms. The van der Waals surface area contributed by atoms with Gasteiger partial charge in [0.05, 0.1) is 5.69 Å². The zero-order valence-corrected chi connectivity index (χ0v) is 15.6. The number of thioether (sulfide) groups is 1. The van der Waals surface area contributed by atoms with Crippen molar-refractivity contribution in [1.29, 1.82) is 0 Å². The number of fused-ring (bicyclic) bond motifs is 1. The van der Waals surface area contributed by atoms with Crippen LogP contribution in [0.1, 0.15) is 11.1 Å². The van der Waals surface area contributed by atoms with Crippen LogP contribution in [0.3, 0.4) is 0 Å². The molecular weight excluding hydrogens is 366 g/mol. The largest absolute Gasteiger partial charge is 0.508 e. The Morgan fingerprint density at radius 2 is 2.00 bits per heavy atom. The second-order valence-electron chi connectivity index (χ2n) is 5.83. The number of aromatic nitrogens is 1. The summed E-state index contributed by atoms with van der Waals surface area (Å²) in [5.74, 6) is 0.728. The molecule has 6 heteroatoms. The predicted molar refractivity (Wildman–Crippen MR) is 106 cm³/mol. The first-order valence-electron chi connectivity index (χ1n) is 8.01. The van der Waals surface area contributed by atoms with E-state index in [0.29, 0.717) is 16.9 Å². The van der Waals surface area contributed by atoms with Crippen molar-refractivity contribution in [2.45, 2.75) is 17.0 Å². The molecule has 4 aromatic rings. The van der Waals surface area contributed by atoms with Crippen molar-refractivity contribution in [3.63, 3.8) is 0 Å². The van der Waals surface area contributed by atoms with E-state index in [1.54, 1.807) is 42.2 Å². The first kappa shape index (κ1) is 16.9. The molecule has 0 aliphatic heterocycles. The minimum absolute atomic E-state index is 0.123. The molecular formula is C20H15NO3S2. The fraction of sp³-hybridized carbons (Fsp3) is 0.100. The molecule has 1 N–H and O–H groups in total. The van der Waals surface area contributed by atoms with Crippen molar-refractivity contribution in [2.75, 3.05) is 0 Å². The van der Waals surface area contributed by atoms with E-state index in [2.05, 4.69) is 4.98 Å². The molecule has 2 aromatic carbocycles. The average molecular weight is 381 g/mol. The van der Waals surface area contributed by atoms with Crippen molar-refractivity contribution in [1.82, 2.24) is 4.98 Å². The number of aromatic hydroxyl groups is 1. The molecule has 0 fully saturated rings. The lowest BCUT2D eigenvalue weighted by Gasteiger charge is -2.07. The molecule has 4 rings (SSSR count). The number of thiazole rings is 1. The van der Waals surface area contributed by atoms with Crippen molar-refractivity contribution in [3.05, 3.63) is 75.5 Å². The van der Waals surface area contributed by atoms with E-state index in [-0.39, 0.29) is 5.75 Å². The Labute approximate surface area is 158 Å². The summed E-state index contributed by atoms with van der Waals surface area (Å²) >= 11 is 3.18. The quantitative estimate of drug-likeness (QED) is 0.388. The maximum atomic E-state index is 11.9. The molecule has 0 amide bonds. The summed E-state index contributed by atoms with van der Waals surface area (Å²) in [5, 5.41) is 12.7. The number of hydrogen-bond acceptors (Lipinski definition) is 6. The van der Waals surface area contributed by atoms with Crippen LogP contribution < -0.4 is 5.63 Å². The van der Waals surface area contributed by atoms with Gasteiger partial charge in [-0.25, -0.2) is 9.78 Å². The van der Waals surface area contributed by atoms with Crippen molar-refractivity contribution in [3.8, 4) is 17.0 Å². The van der Waals surface area contributed by atoms with Crippen LogP contribution in [0, 0.1) is 6.92 Å². The normalized spacial score (nSPS) is 11.1. The van der Waals surface area contributed by atoms with Crippen LogP contribution in [0.4, 0.5) is 0 Å². The number of phenolic OH excluding ortho intramolecular Hbond substituents is 1. The van der Waals surface area contributed by atoms with E-state index >= 15 is 0 Å². The molecule has 0 unspecified atom stereocenters. The smallest absolute Gasteiger partial charge is 0.336 e. The zero-order chi connectivity index (χ0) is 18.1. The molecule has 130 valence electrons. The van der Waals surface area contributed by atoms with Crippen LogP contribution in [0.15, 0.2) is 67.5 Å². The van der Waals surface area contributed by atoms with Gasteiger partial charge in [0.15, 0.2) is 4.34 Å². The predicted octanol–water partition coefficient (Wildman–Crippen LogP) is 5.22. The molecule has 26 heavy (non-hydrogen) atoms. The summed E-state index contributed by atoms with van der Waals surface area (Å²) in [6.07, 6.45) is 0. The Balaban J connectivity index is 1.62. The Bertz CT molecular complexity index is 1130. The number of hydrogen-bond donors (Lipinski definition) is 1. The van der Waals surface area contributed by atoms with E-state index in [1.807, 2.05) is 35.7 Å². The number of phenols is 1. The fourth-order valence-electron chi connectivity index (χ4n) is 2.74. The molecule has 0 aliphatic carbocycles. The Kier molecular flexibility index (Phi) is 4.53. The fourth-order valence-corrected chi connectivity index (χ4v) is 4.57. The summed E-state index contributed by atoms with van der Waals surface area (Å²) in [4.78, 5) is 16.6. The molecule has 2 aromatic heterocycles. The zero-order valence-electron chi connectivity index (χ0n) is 13.9. The van der Waals surface area contributed by atoms with Gasteiger partial charge in [-0.1, -0.05) is 42.1 Å². The van der Waals surface area contributed by atoms with Gasteiger partial charge < -0.3 is 9.52 Å². The van der Waals surface area contributed by atoms with Gasteiger partial charge in [-0.15, -0.1) is 11.3 Å². The van der Waals surface area contributed by atoms with Crippen LogP contribution in [0.2, 0.25) is 0 Å². The number of rotatable bonds is 4. The molecule has 2 heterocycles. The van der Waals surface area contributed by atoms with Crippen LogP contribution >= 0.6 is 23.1 Å². The summed E-state index contributed by atoms with van der Waals surface area (Å²) in [6, 6.07) is 15.0. The van der Waals surface area contributed by atoms with Crippen LogP contribution in [-0.2, 0) is 5.75 Å². The third-order valence-electron chi connectivity index (χ3n) is 4.12. The minimum atomic E-state index is -0.411. The van der Waals surface area contributed by atoms with Crippen LogP contribution in [-0.4, -0.2) is 10.1 Å². The van der Waals surface area contributed by atoms with Crippen LogP contribution in [0.5, 0.6) is 5.75 Å². The van der Waals surface area contributed by atoms with Crippen molar-refractivity contribution < 1.29 is 9.52 Å². The highest BCUT2D eigenvalue weighted by Gasteiger charge is 2.12. The first-order valence-corrected chi connectivity index (χ1v) is 9.87. The molecule has 0 radical (unpaired) electrons. The first-order chi connectivity index (χ1) is 12.6. The number of benzene rings is 2. The van der Waals surface area contributed by atoms with Gasteiger partial charge >= 0.3 is 5.63 Å². The van der Waals surface area contributed by atoms with E-state index in [0.717, 1.165) is 26.5 Å². The highest BCUT2D eigenvalue weighted by molar-refractivity contribution is 8.00. The Hall–Kier alpha value is -2.57. The summed E-state index contributed by atoms with van der Waals surface area (Å²) < 4.78 is 6.24. The number of nitrogens with zero attached hydrogens (tertiary/aromatic N) is 1. The molecule has 0 atom stereocenters. The Morgan fingerprint density at radius 3 is 2.81 bits per heavy atom. The topological polar surface area (TPSA) is 63.3 Å². The van der Waals surface area contributed by atoms with Gasteiger partial charge in [0.1, 0.15) is 11.3 Å².